The van der Waals surface area contributed by atoms with Crippen molar-refractivity contribution in [3.8, 4) is 0 Å². The predicted octanol–water partition coefficient (Wildman–Crippen LogP) is 1.28. The Kier molecular flexibility index (Phi) is 2.68. The van der Waals surface area contributed by atoms with Gasteiger partial charge in [-0.25, -0.2) is 9.98 Å². The van der Waals surface area contributed by atoms with Crippen LogP contribution in [0, 0.1) is 5.92 Å². The zero-order valence-electron chi connectivity index (χ0n) is 9.83. The van der Waals surface area contributed by atoms with Crippen LogP contribution in [-0.2, 0) is 9.59 Å². The molecule has 6 nitrogen and oxygen atoms in total. The summed E-state index contributed by atoms with van der Waals surface area (Å²) >= 11 is 0. The molecular weight excluding hydrogens is 244 g/mol. The Balaban J connectivity index is 1.77. The van der Waals surface area contributed by atoms with Gasteiger partial charge in [0.1, 0.15) is 0 Å². The number of nitrogens with zero attached hydrogens (tertiary/aromatic N) is 2. The average Bonchev–Trinajstić information content (AvgIpc) is 2.81. The molecule has 0 fully saturated rings. The summed E-state index contributed by atoms with van der Waals surface area (Å²) in [5.41, 5.74) is 1.63. The maximum absolute atomic E-state index is 11.9. The minimum Gasteiger partial charge on any atom is -0.324 e. The normalized spacial score (nSPS) is 17.9. The molecule has 2 amide bonds. The number of fused-ring (bicyclic) bond motifs is 1. The summed E-state index contributed by atoms with van der Waals surface area (Å²) in [5.74, 6) is -0.810. The third-order valence-corrected chi connectivity index (χ3v) is 2.74. The van der Waals surface area contributed by atoms with Crippen LogP contribution >= 0.6 is 0 Å². The van der Waals surface area contributed by atoms with Gasteiger partial charge in [-0.05, 0) is 12.1 Å². The van der Waals surface area contributed by atoms with Crippen molar-refractivity contribution in [2.24, 2.45) is 10.9 Å². The molecular formula is C13H10N4O2. The van der Waals surface area contributed by atoms with Crippen molar-refractivity contribution in [1.82, 2.24) is 9.97 Å². The van der Waals surface area contributed by atoms with E-state index in [-0.39, 0.29) is 11.8 Å². The van der Waals surface area contributed by atoms with Crippen LogP contribution in [0.3, 0.4) is 0 Å². The zero-order valence-corrected chi connectivity index (χ0v) is 9.83. The number of nitrogens with one attached hydrogen (secondary N) is 2. The van der Waals surface area contributed by atoms with E-state index in [2.05, 4.69) is 20.3 Å². The monoisotopic (exact) mass is 254 g/mol. The number of rotatable bonds is 2. The molecule has 1 aliphatic rings. The van der Waals surface area contributed by atoms with Gasteiger partial charge in [-0.3, -0.25) is 14.9 Å². The topological polar surface area (TPSA) is 87.2 Å². The van der Waals surface area contributed by atoms with Gasteiger partial charge in [-0.2, -0.15) is 0 Å². The van der Waals surface area contributed by atoms with Crippen LogP contribution in [0.15, 0.2) is 41.4 Å². The molecule has 2 heterocycles. The summed E-state index contributed by atoms with van der Waals surface area (Å²) in [6.45, 7) is 0. The molecule has 0 spiro atoms. The third-order valence-electron chi connectivity index (χ3n) is 2.74. The van der Waals surface area contributed by atoms with E-state index in [1.807, 2.05) is 24.3 Å². The number of benzene rings is 1. The van der Waals surface area contributed by atoms with Gasteiger partial charge in [0.2, 0.25) is 11.9 Å². The van der Waals surface area contributed by atoms with Gasteiger partial charge >= 0.3 is 0 Å². The van der Waals surface area contributed by atoms with Crippen LogP contribution in [0.4, 0.5) is 5.95 Å². The first kappa shape index (κ1) is 11.3. The number of anilines is 1. The van der Waals surface area contributed by atoms with E-state index in [1.165, 1.54) is 18.4 Å². The first-order valence-corrected chi connectivity index (χ1v) is 5.74. The number of H-pyrrole nitrogens is 1. The second kappa shape index (κ2) is 4.49. The van der Waals surface area contributed by atoms with Gasteiger partial charge in [0.15, 0.2) is 0 Å². The van der Waals surface area contributed by atoms with Crippen molar-refractivity contribution >= 4 is 35.0 Å². The smallest absolute Gasteiger partial charge is 0.269 e. The molecule has 0 aliphatic carbocycles. The molecule has 0 saturated heterocycles. The Morgan fingerprint density at radius 1 is 1.32 bits per heavy atom. The summed E-state index contributed by atoms with van der Waals surface area (Å²) in [7, 11) is 0. The van der Waals surface area contributed by atoms with E-state index >= 15 is 0 Å². The molecule has 2 N–H and O–H groups in total. The fourth-order valence-corrected chi connectivity index (χ4v) is 1.80. The highest BCUT2D eigenvalue weighted by Gasteiger charge is 2.17. The molecule has 19 heavy (non-hydrogen) atoms. The molecule has 1 atom stereocenters. The first-order chi connectivity index (χ1) is 9.22. The Morgan fingerprint density at radius 2 is 2.16 bits per heavy atom. The van der Waals surface area contributed by atoms with E-state index in [4.69, 9.17) is 0 Å². The van der Waals surface area contributed by atoms with Crippen molar-refractivity contribution in [1.29, 1.82) is 0 Å². The number of amides is 2. The number of aliphatic imine (C=N–C) groups is 1. The maximum atomic E-state index is 11.9. The van der Waals surface area contributed by atoms with E-state index < -0.39 is 5.92 Å². The predicted molar refractivity (Wildman–Crippen MR) is 70.9 cm³/mol. The summed E-state index contributed by atoms with van der Waals surface area (Å²) in [4.78, 5) is 33.6. The second-order valence-electron chi connectivity index (χ2n) is 4.09. The van der Waals surface area contributed by atoms with E-state index in [0.717, 1.165) is 11.0 Å². The second-order valence-corrected chi connectivity index (χ2v) is 4.09. The number of dihydropyridines is 1. The molecule has 94 valence electrons. The number of carbonyl (C=O) groups is 2. The number of imidazole rings is 1. The van der Waals surface area contributed by atoms with Crippen molar-refractivity contribution in [3.05, 3.63) is 36.4 Å². The van der Waals surface area contributed by atoms with Crippen LogP contribution in [-0.4, -0.2) is 28.0 Å². The number of hydrogen-bond acceptors (Lipinski definition) is 3. The molecule has 1 unspecified atom stereocenters. The van der Waals surface area contributed by atoms with Crippen molar-refractivity contribution < 1.29 is 9.59 Å². The number of carbonyl (C=O) groups excluding carboxylic acids is 2. The Morgan fingerprint density at radius 3 is 2.89 bits per heavy atom. The van der Waals surface area contributed by atoms with E-state index in [0.29, 0.717) is 5.95 Å². The van der Waals surface area contributed by atoms with E-state index in [1.54, 1.807) is 0 Å². The van der Waals surface area contributed by atoms with Crippen LogP contribution in [0.2, 0.25) is 0 Å². The molecule has 1 aromatic carbocycles. The molecule has 0 bridgehead atoms. The zero-order chi connectivity index (χ0) is 13.2. The van der Waals surface area contributed by atoms with Gasteiger partial charge in [0.25, 0.3) is 5.91 Å². The van der Waals surface area contributed by atoms with Gasteiger partial charge in [0, 0.05) is 12.3 Å². The lowest BCUT2D eigenvalue weighted by Crippen LogP contribution is -2.24. The third kappa shape index (κ3) is 2.28. The number of para-hydroxylation sites is 2. The van der Waals surface area contributed by atoms with Gasteiger partial charge in [0.05, 0.1) is 17.0 Å². The molecule has 0 radical (unpaired) electrons. The van der Waals surface area contributed by atoms with Crippen LogP contribution < -0.4 is 5.32 Å². The van der Waals surface area contributed by atoms with Crippen molar-refractivity contribution in [2.45, 2.75) is 0 Å². The SMILES string of the molecule is O=C1C=CC(C(=O)Nc2nc3ccccc3[nH]2)C=N1. The van der Waals surface area contributed by atoms with Crippen molar-refractivity contribution in [3.63, 3.8) is 0 Å². The minimum atomic E-state index is -0.550. The van der Waals surface area contributed by atoms with Crippen molar-refractivity contribution in [2.75, 3.05) is 5.32 Å². The van der Waals surface area contributed by atoms with Gasteiger partial charge in [-0.1, -0.05) is 18.2 Å². The largest absolute Gasteiger partial charge is 0.324 e. The lowest BCUT2D eigenvalue weighted by Gasteiger charge is -2.08. The standard InChI is InChI=1S/C13H10N4O2/c18-11-6-5-8(7-14-11)12(19)17-13-15-9-3-1-2-4-10(9)16-13/h1-8H,(H2,15,16,17,19). The lowest BCUT2D eigenvalue weighted by atomic mass is 10.1. The lowest BCUT2D eigenvalue weighted by molar-refractivity contribution is -0.117. The Labute approximate surface area is 108 Å². The van der Waals surface area contributed by atoms with Crippen LogP contribution in [0.1, 0.15) is 0 Å². The summed E-state index contributed by atoms with van der Waals surface area (Å²) in [5, 5.41) is 2.66. The average molecular weight is 254 g/mol. The molecule has 1 aliphatic heterocycles. The summed E-state index contributed by atoms with van der Waals surface area (Å²) in [6.07, 6.45) is 4.11. The highest BCUT2D eigenvalue weighted by Crippen LogP contribution is 2.14. The number of hydrogen-bond donors (Lipinski definition) is 2. The number of aromatic amines is 1. The summed E-state index contributed by atoms with van der Waals surface area (Å²) in [6, 6.07) is 7.48. The molecule has 1 aromatic heterocycles. The van der Waals surface area contributed by atoms with Crippen LogP contribution in [0.5, 0.6) is 0 Å². The Hall–Kier alpha value is -2.76. The fraction of sp³-hybridized carbons (Fsp3) is 0.0769. The quantitative estimate of drug-likeness (QED) is 0.846. The van der Waals surface area contributed by atoms with Gasteiger partial charge in [-0.15, -0.1) is 0 Å². The first-order valence-electron chi connectivity index (χ1n) is 5.74. The molecule has 2 aromatic rings. The minimum absolute atomic E-state index is 0.286. The fourth-order valence-electron chi connectivity index (χ4n) is 1.80. The van der Waals surface area contributed by atoms with Gasteiger partial charge < -0.3 is 4.98 Å². The Bertz CT molecular complexity index is 665. The highest BCUT2D eigenvalue weighted by atomic mass is 16.2. The molecule has 6 heteroatoms. The van der Waals surface area contributed by atoms with Crippen LogP contribution in [0.25, 0.3) is 11.0 Å². The molecule has 3 rings (SSSR count). The van der Waals surface area contributed by atoms with E-state index in [9.17, 15) is 9.59 Å². The number of aromatic nitrogens is 2. The molecule has 0 saturated carbocycles. The summed E-state index contributed by atoms with van der Waals surface area (Å²) < 4.78 is 0. The maximum Gasteiger partial charge on any atom is 0.269 e. The highest BCUT2D eigenvalue weighted by molar-refractivity contribution is 6.08.